The molecule has 1 amide bonds. The molecule has 1 saturated carbocycles. The van der Waals surface area contributed by atoms with Crippen molar-refractivity contribution in [2.75, 3.05) is 52.8 Å². The standard InChI is InChI=1S/C22H37N5O2.HI/c1-5-23-21(26-17-22(12-6-7-13-22)20(28)27(2)3)25-16-18-8-10-19(11-9-18)24-14-15-29-4;/h8-11,24H,5-7,12-17H2,1-4H3,(H2,23,25,26);1H. The van der Waals surface area contributed by atoms with Crippen LogP contribution in [-0.2, 0) is 16.1 Å². The first-order valence-corrected chi connectivity index (χ1v) is 10.6. The van der Waals surface area contributed by atoms with Gasteiger partial charge in [0.05, 0.1) is 18.6 Å². The van der Waals surface area contributed by atoms with Gasteiger partial charge in [0.1, 0.15) is 0 Å². The molecule has 0 heterocycles. The second-order valence-electron chi connectivity index (χ2n) is 7.85. The van der Waals surface area contributed by atoms with Crippen molar-refractivity contribution in [2.45, 2.75) is 39.2 Å². The van der Waals surface area contributed by atoms with E-state index in [1.807, 2.05) is 21.0 Å². The zero-order valence-corrected chi connectivity index (χ0v) is 21.1. The Morgan fingerprint density at radius 3 is 2.40 bits per heavy atom. The third-order valence-corrected chi connectivity index (χ3v) is 5.37. The summed E-state index contributed by atoms with van der Waals surface area (Å²) in [5.74, 6) is 0.975. The van der Waals surface area contributed by atoms with Crippen LogP contribution in [0.4, 0.5) is 5.69 Å². The second kappa shape index (κ2) is 13.7. The van der Waals surface area contributed by atoms with E-state index in [4.69, 9.17) is 9.73 Å². The summed E-state index contributed by atoms with van der Waals surface area (Å²) in [5.41, 5.74) is 1.90. The molecule has 0 aliphatic heterocycles. The van der Waals surface area contributed by atoms with Gasteiger partial charge in [0.25, 0.3) is 0 Å². The lowest BCUT2D eigenvalue weighted by molar-refractivity contribution is -0.138. The minimum Gasteiger partial charge on any atom is -0.383 e. The lowest BCUT2D eigenvalue weighted by Gasteiger charge is -2.31. The average molecular weight is 531 g/mol. The number of nitrogens with zero attached hydrogens (tertiary/aromatic N) is 2. The molecule has 8 heteroatoms. The summed E-state index contributed by atoms with van der Waals surface area (Å²) < 4.78 is 5.05. The van der Waals surface area contributed by atoms with Crippen LogP contribution in [0.3, 0.4) is 0 Å². The minimum atomic E-state index is -0.310. The first-order chi connectivity index (χ1) is 14.0. The molecule has 1 aromatic carbocycles. The molecule has 170 valence electrons. The van der Waals surface area contributed by atoms with E-state index < -0.39 is 0 Å². The SMILES string of the molecule is CCNC(=NCc1ccc(NCCOC)cc1)NCC1(C(=O)N(C)C)CCCC1.I. The van der Waals surface area contributed by atoms with E-state index in [-0.39, 0.29) is 35.3 Å². The molecule has 0 radical (unpaired) electrons. The molecule has 1 aliphatic rings. The second-order valence-corrected chi connectivity index (χ2v) is 7.85. The van der Waals surface area contributed by atoms with Crippen molar-refractivity contribution in [1.82, 2.24) is 15.5 Å². The van der Waals surface area contributed by atoms with Crippen LogP contribution in [0, 0.1) is 5.41 Å². The molecule has 7 nitrogen and oxygen atoms in total. The normalized spacial score (nSPS) is 15.3. The zero-order valence-electron chi connectivity index (χ0n) is 18.8. The van der Waals surface area contributed by atoms with Crippen molar-refractivity contribution < 1.29 is 9.53 Å². The van der Waals surface area contributed by atoms with Crippen molar-refractivity contribution >= 4 is 41.5 Å². The fraction of sp³-hybridized carbons (Fsp3) is 0.636. The van der Waals surface area contributed by atoms with Gasteiger partial charge in [-0.3, -0.25) is 4.79 Å². The average Bonchev–Trinajstić information content (AvgIpc) is 3.20. The summed E-state index contributed by atoms with van der Waals surface area (Å²) >= 11 is 0. The number of hydrogen-bond acceptors (Lipinski definition) is 4. The summed E-state index contributed by atoms with van der Waals surface area (Å²) in [4.78, 5) is 19.2. The summed E-state index contributed by atoms with van der Waals surface area (Å²) in [7, 11) is 5.38. The number of nitrogens with one attached hydrogen (secondary N) is 3. The van der Waals surface area contributed by atoms with Crippen molar-refractivity contribution in [2.24, 2.45) is 10.4 Å². The van der Waals surface area contributed by atoms with Crippen LogP contribution in [-0.4, -0.2) is 64.2 Å². The topological polar surface area (TPSA) is 78.0 Å². The van der Waals surface area contributed by atoms with E-state index in [0.717, 1.165) is 56.0 Å². The highest BCUT2D eigenvalue weighted by Gasteiger charge is 2.42. The van der Waals surface area contributed by atoms with Crippen molar-refractivity contribution in [3.63, 3.8) is 0 Å². The highest BCUT2D eigenvalue weighted by atomic mass is 127. The Kier molecular flexibility index (Phi) is 12.1. The Labute approximate surface area is 198 Å². The fourth-order valence-corrected chi connectivity index (χ4v) is 3.78. The summed E-state index contributed by atoms with van der Waals surface area (Å²) in [6.45, 7) is 5.51. The third-order valence-electron chi connectivity index (χ3n) is 5.37. The van der Waals surface area contributed by atoms with Crippen LogP contribution < -0.4 is 16.0 Å². The van der Waals surface area contributed by atoms with Gasteiger partial charge < -0.3 is 25.6 Å². The van der Waals surface area contributed by atoms with Gasteiger partial charge in [-0.1, -0.05) is 25.0 Å². The van der Waals surface area contributed by atoms with Gasteiger partial charge in [0.2, 0.25) is 5.91 Å². The Bertz CT molecular complexity index is 658. The lowest BCUT2D eigenvalue weighted by Crippen LogP contribution is -2.49. The Hall–Kier alpha value is -1.55. The smallest absolute Gasteiger partial charge is 0.230 e. The van der Waals surface area contributed by atoms with Gasteiger partial charge in [0.15, 0.2) is 5.96 Å². The maximum Gasteiger partial charge on any atom is 0.230 e. The van der Waals surface area contributed by atoms with E-state index in [0.29, 0.717) is 19.7 Å². The monoisotopic (exact) mass is 531 g/mol. The summed E-state index contributed by atoms with van der Waals surface area (Å²) in [6.07, 6.45) is 4.10. The van der Waals surface area contributed by atoms with E-state index >= 15 is 0 Å². The van der Waals surface area contributed by atoms with Crippen LogP contribution >= 0.6 is 24.0 Å². The first-order valence-electron chi connectivity index (χ1n) is 10.6. The highest BCUT2D eigenvalue weighted by Crippen LogP contribution is 2.38. The molecule has 0 unspecified atom stereocenters. The zero-order chi connectivity index (χ0) is 21.1. The number of carbonyl (C=O) groups excluding carboxylic acids is 1. The van der Waals surface area contributed by atoms with Gasteiger partial charge in [-0.25, -0.2) is 4.99 Å². The molecular formula is C22H38IN5O2. The van der Waals surface area contributed by atoms with Gasteiger partial charge >= 0.3 is 0 Å². The van der Waals surface area contributed by atoms with E-state index in [2.05, 4.69) is 40.2 Å². The number of benzene rings is 1. The molecule has 3 N–H and O–H groups in total. The number of methoxy groups -OCH3 is 1. The van der Waals surface area contributed by atoms with Crippen LogP contribution in [0.2, 0.25) is 0 Å². The largest absolute Gasteiger partial charge is 0.383 e. The highest BCUT2D eigenvalue weighted by molar-refractivity contribution is 14.0. The molecule has 1 fully saturated rings. The number of ether oxygens (including phenoxy) is 1. The maximum atomic E-state index is 12.8. The molecule has 30 heavy (non-hydrogen) atoms. The Balaban J connectivity index is 0.00000450. The molecular weight excluding hydrogens is 493 g/mol. The summed E-state index contributed by atoms with van der Waals surface area (Å²) in [5, 5.41) is 10.0. The molecule has 0 spiro atoms. The lowest BCUT2D eigenvalue weighted by atomic mass is 9.84. The first kappa shape index (κ1) is 26.5. The van der Waals surface area contributed by atoms with Crippen molar-refractivity contribution in [3.05, 3.63) is 29.8 Å². The molecule has 0 aromatic heterocycles. The Morgan fingerprint density at radius 2 is 1.83 bits per heavy atom. The number of amides is 1. The van der Waals surface area contributed by atoms with Gasteiger partial charge in [-0.2, -0.15) is 0 Å². The van der Waals surface area contributed by atoms with Gasteiger partial charge in [-0.15, -0.1) is 24.0 Å². The van der Waals surface area contributed by atoms with Crippen LogP contribution in [0.15, 0.2) is 29.3 Å². The number of guanidine groups is 1. The maximum absolute atomic E-state index is 12.8. The van der Waals surface area contributed by atoms with E-state index in [9.17, 15) is 4.79 Å². The van der Waals surface area contributed by atoms with Crippen LogP contribution in [0.25, 0.3) is 0 Å². The number of carbonyl (C=O) groups is 1. The summed E-state index contributed by atoms with van der Waals surface area (Å²) in [6, 6.07) is 8.28. The predicted molar refractivity (Wildman–Crippen MR) is 135 cm³/mol. The van der Waals surface area contributed by atoms with Gasteiger partial charge in [-0.05, 0) is 37.5 Å². The number of aliphatic imine (C=N–C) groups is 1. The predicted octanol–water partition coefficient (Wildman–Crippen LogP) is 3.07. The minimum absolute atomic E-state index is 0. The van der Waals surface area contributed by atoms with Crippen molar-refractivity contribution in [1.29, 1.82) is 0 Å². The number of anilines is 1. The number of hydrogen-bond donors (Lipinski definition) is 3. The fourth-order valence-electron chi connectivity index (χ4n) is 3.78. The molecule has 1 aliphatic carbocycles. The molecule has 0 saturated heterocycles. The Morgan fingerprint density at radius 1 is 1.17 bits per heavy atom. The molecule has 0 atom stereocenters. The van der Waals surface area contributed by atoms with Gasteiger partial charge in [0, 0.05) is 46.5 Å². The molecule has 1 aromatic rings. The van der Waals surface area contributed by atoms with Crippen LogP contribution in [0.5, 0.6) is 0 Å². The molecule has 0 bridgehead atoms. The quantitative estimate of drug-likeness (QED) is 0.187. The van der Waals surface area contributed by atoms with E-state index in [1.54, 1.807) is 12.0 Å². The van der Waals surface area contributed by atoms with Crippen LogP contribution in [0.1, 0.15) is 38.2 Å². The van der Waals surface area contributed by atoms with E-state index in [1.165, 1.54) is 0 Å². The molecule has 2 rings (SSSR count). The number of rotatable bonds is 10. The van der Waals surface area contributed by atoms with Crippen molar-refractivity contribution in [3.8, 4) is 0 Å². The third kappa shape index (κ3) is 7.94. The number of halogens is 1.